The fourth-order valence-corrected chi connectivity index (χ4v) is 5.98. The summed E-state index contributed by atoms with van der Waals surface area (Å²) in [5.74, 6) is -1.50. The molecular formula is C22H27FN2O5S. The van der Waals surface area contributed by atoms with E-state index in [1.54, 1.807) is 12.1 Å². The van der Waals surface area contributed by atoms with Crippen LogP contribution in [0.2, 0.25) is 0 Å². The number of hydrogen-bond donors (Lipinski definition) is 3. The maximum absolute atomic E-state index is 13.3. The highest BCUT2D eigenvalue weighted by Crippen LogP contribution is 2.46. The smallest absolute Gasteiger partial charge is 0.239 e. The van der Waals surface area contributed by atoms with Crippen LogP contribution in [0, 0.1) is 0 Å². The van der Waals surface area contributed by atoms with Gasteiger partial charge in [-0.05, 0) is 62.0 Å². The zero-order valence-electron chi connectivity index (χ0n) is 17.2. The van der Waals surface area contributed by atoms with Crippen molar-refractivity contribution in [3.63, 3.8) is 0 Å². The molecule has 9 heteroatoms. The van der Waals surface area contributed by atoms with Crippen LogP contribution < -0.4 is 10.6 Å². The molecule has 1 aromatic carbocycles. The number of sulfone groups is 1. The topological polar surface area (TPSA) is 105 Å². The molecule has 0 aromatic heterocycles. The fourth-order valence-electron chi connectivity index (χ4n) is 4.68. The third-order valence-electron chi connectivity index (χ3n) is 6.67. The lowest BCUT2D eigenvalue weighted by atomic mass is 9.68. The minimum absolute atomic E-state index is 0.147. The predicted molar refractivity (Wildman–Crippen MR) is 114 cm³/mol. The van der Waals surface area contributed by atoms with Gasteiger partial charge < -0.3 is 20.5 Å². The standard InChI is InChI=1S/C22H27FN2O5S/c1-2-16(23)4-6-19(26)22-9-7-21(8-10-22,14-30-22)24-12-15-3-5-18-17(11-15)25-20(27)13-31(18,28)29/h2-5,11,19,24,26H,1,6-10,12-14H2,(H,25,27). The summed E-state index contributed by atoms with van der Waals surface area (Å²) in [7, 11) is -3.59. The Labute approximate surface area is 181 Å². The first-order valence-corrected chi connectivity index (χ1v) is 12.0. The first kappa shape index (κ1) is 22.1. The number of aliphatic hydroxyl groups is 1. The molecule has 3 aliphatic heterocycles. The Morgan fingerprint density at radius 2 is 2.10 bits per heavy atom. The third-order valence-corrected chi connectivity index (χ3v) is 8.34. The largest absolute Gasteiger partial charge is 0.390 e. The minimum Gasteiger partial charge on any atom is -0.390 e. The van der Waals surface area contributed by atoms with Crippen LogP contribution in [0.15, 0.2) is 47.7 Å². The number of carbonyl (C=O) groups excluding carboxylic acids is 1. The van der Waals surface area contributed by atoms with Crippen LogP contribution in [-0.2, 0) is 25.9 Å². The molecule has 7 nitrogen and oxygen atoms in total. The number of amides is 1. The number of nitrogens with one attached hydrogen (secondary N) is 2. The Morgan fingerprint density at radius 1 is 1.35 bits per heavy atom. The molecule has 31 heavy (non-hydrogen) atoms. The number of benzene rings is 1. The van der Waals surface area contributed by atoms with E-state index in [1.807, 2.05) is 0 Å². The summed E-state index contributed by atoms with van der Waals surface area (Å²) < 4.78 is 43.7. The van der Waals surface area contributed by atoms with Gasteiger partial charge in [0.2, 0.25) is 5.91 Å². The lowest BCUT2D eigenvalue weighted by molar-refractivity contribution is -0.207. The molecular weight excluding hydrogens is 423 g/mol. The lowest BCUT2D eigenvalue weighted by Gasteiger charge is -2.55. The molecule has 168 valence electrons. The molecule has 3 heterocycles. The molecule has 2 saturated heterocycles. The van der Waals surface area contributed by atoms with Crippen molar-refractivity contribution in [2.75, 3.05) is 17.7 Å². The first-order valence-electron chi connectivity index (χ1n) is 10.4. The van der Waals surface area contributed by atoms with Gasteiger partial charge in [-0.2, -0.15) is 0 Å². The Bertz CT molecular complexity index is 1010. The van der Waals surface area contributed by atoms with Crippen molar-refractivity contribution >= 4 is 21.4 Å². The van der Waals surface area contributed by atoms with Gasteiger partial charge in [-0.1, -0.05) is 12.6 Å². The second kappa shape index (κ2) is 8.12. The lowest BCUT2D eigenvalue weighted by Crippen LogP contribution is -2.64. The average Bonchev–Trinajstić information content (AvgIpc) is 2.76. The molecule has 1 atom stereocenters. The van der Waals surface area contributed by atoms with Gasteiger partial charge in [0, 0.05) is 12.1 Å². The van der Waals surface area contributed by atoms with E-state index in [4.69, 9.17) is 4.74 Å². The number of halogens is 1. The predicted octanol–water partition coefficient (Wildman–Crippen LogP) is 2.37. The normalized spacial score (nSPS) is 30.4. The molecule has 3 fully saturated rings. The van der Waals surface area contributed by atoms with Crippen molar-refractivity contribution in [2.45, 2.75) is 60.8 Å². The van der Waals surface area contributed by atoms with E-state index in [1.165, 1.54) is 12.1 Å². The molecule has 1 amide bonds. The summed E-state index contributed by atoms with van der Waals surface area (Å²) in [5, 5.41) is 16.8. The van der Waals surface area contributed by atoms with E-state index in [0.29, 0.717) is 31.7 Å². The van der Waals surface area contributed by atoms with Crippen LogP contribution in [0.25, 0.3) is 0 Å². The van der Waals surface area contributed by atoms with E-state index in [9.17, 15) is 22.7 Å². The summed E-state index contributed by atoms with van der Waals surface area (Å²) in [4.78, 5) is 11.8. The second-order valence-electron chi connectivity index (χ2n) is 8.67. The van der Waals surface area contributed by atoms with Crippen LogP contribution in [0.1, 0.15) is 37.7 Å². The van der Waals surface area contributed by atoms with E-state index in [2.05, 4.69) is 17.2 Å². The molecule has 1 unspecified atom stereocenters. The van der Waals surface area contributed by atoms with E-state index < -0.39 is 39.0 Å². The summed E-state index contributed by atoms with van der Waals surface area (Å²) in [5.41, 5.74) is 0.303. The number of ether oxygens (including phenoxy) is 1. The van der Waals surface area contributed by atoms with Crippen molar-refractivity contribution in [2.24, 2.45) is 0 Å². The number of anilines is 1. The number of rotatable bonds is 7. The van der Waals surface area contributed by atoms with Crippen LogP contribution in [0.3, 0.4) is 0 Å². The van der Waals surface area contributed by atoms with E-state index in [-0.39, 0.29) is 16.9 Å². The van der Waals surface area contributed by atoms with Crippen LogP contribution in [0.5, 0.6) is 0 Å². The quantitative estimate of drug-likeness (QED) is 0.551. The van der Waals surface area contributed by atoms with Gasteiger partial charge in [-0.25, -0.2) is 12.8 Å². The van der Waals surface area contributed by atoms with Gasteiger partial charge in [-0.15, -0.1) is 0 Å². The highest BCUT2D eigenvalue weighted by Gasteiger charge is 2.52. The van der Waals surface area contributed by atoms with Crippen molar-refractivity contribution < 1.29 is 27.4 Å². The maximum atomic E-state index is 13.3. The molecule has 5 rings (SSSR count). The number of aliphatic hydroxyl groups excluding tert-OH is 1. The molecule has 0 spiro atoms. The molecule has 1 aliphatic carbocycles. The highest BCUT2D eigenvalue weighted by molar-refractivity contribution is 7.92. The van der Waals surface area contributed by atoms with Gasteiger partial charge in [0.25, 0.3) is 0 Å². The molecule has 0 radical (unpaired) electrons. The summed E-state index contributed by atoms with van der Waals surface area (Å²) in [6.45, 7) is 4.30. The molecule has 4 aliphatic rings. The Balaban J connectivity index is 1.39. The molecule has 3 N–H and O–H groups in total. The molecule has 2 bridgehead atoms. The second-order valence-corrected chi connectivity index (χ2v) is 10.6. The average molecular weight is 451 g/mol. The van der Waals surface area contributed by atoms with Gasteiger partial charge in [-0.3, -0.25) is 4.79 Å². The molecule has 1 aromatic rings. The first-order chi connectivity index (χ1) is 14.7. The monoisotopic (exact) mass is 450 g/mol. The Kier molecular flexibility index (Phi) is 5.80. The van der Waals surface area contributed by atoms with Crippen molar-refractivity contribution in [3.8, 4) is 0 Å². The van der Waals surface area contributed by atoms with Crippen molar-refractivity contribution in [3.05, 3.63) is 48.3 Å². The zero-order valence-corrected chi connectivity index (χ0v) is 18.0. The Morgan fingerprint density at radius 3 is 2.74 bits per heavy atom. The third kappa shape index (κ3) is 4.32. The van der Waals surface area contributed by atoms with Gasteiger partial charge >= 0.3 is 0 Å². The van der Waals surface area contributed by atoms with Crippen molar-refractivity contribution in [1.82, 2.24) is 5.32 Å². The maximum Gasteiger partial charge on any atom is 0.239 e. The van der Waals surface area contributed by atoms with Crippen LogP contribution in [-0.4, -0.2) is 49.0 Å². The van der Waals surface area contributed by atoms with E-state index in [0.717, 1.165) is 24.5 Å². The number of hydrogen-bond acceptors (Lipinski definition) is 6. The summed E-state index contributed by atoms with van der Waals surface area (Å²) >= 11 is 0. The fraction of sp³-hybridized carbons (Fsp3) is 0.500. The van der Waals surface area contributed by atoms with Gasteiger partial charge in [0.1, 0.15) is 11.6 Å². The highest BCUT2D eigenvalue weighted by atomic mass is 32.2. The molecule has 1 saturated carbocycles. The summed E-state index contributed by atoms with van der Waals surface area (Å²) in [6.07, 6.45) is 4.82. The van der Waals surface area contributed by atoms with Crippen LogP contribution in [0.4, 0.5) is 10.1 Å². The van der Waals surface area contributed by atoms with Crippen molar-refractivity contribution in [1.29, 1.82) is 0 Å². The van der Waals surface area contributed by atoms with E-state index >= 15 is 0 Å². The van der Waals surface area contributed by atoms with Gasteiger partial charge in [0.05, 0.1) is 28.9 Å². The minimum atomic E-state index is -3.59. The Hall–Kier alpha value is -2.07. The number of allylic oxidation sites excluding steroid dienone is 2. The summed E-state index contributed by atoms with van der Waals surface area (Å²) in [6, 6.07) is 4.97. The number of fused-ring (bicyclic) bond motifs is 4. The van der Waals surface area contributed by atoms with Crippen LogP contribution >= 0.6 is 0 Å². The SMILES string of the molecule is C=CC(F)=CCC(O)C12CCC(NCc3ccc4c(c3)NC(=O)CS4(=O)=O)(CC1)CO2. The van der Waals surface area contributed by atoms with Gasteiger partial charge in [0.15, 0.2) is 9.84 Å². The zero-order chi connectivity index (χ0) is 22.3. The number of carbonyl (C=O) groups is 1.